The maximum Gasteiger partial charge on any atom is -0.0231 e. The highest BCUT2D eigenvalue weighted by Gasteiger charge is 1.90. The average molecular weight is 202 g/mol. The lowest BCUT2D eigenvalue weighted by molar-refractivity contribution is 0.675. The van der Waals surface area contributed by atoms with Gasteiger partial charge in [0.15, 0.2) is 0 Å². The van der Waals surface area contributed by atoms with Crippen molar-refractivity contribution >= 4 is 6.08 Å². The molecule has 0 saturated carbocycles. The van der Waals surface area contributed by atoms with Crippen LogP contribution in [0.15, 0.2) is 30.3 Å². The second kappa shape index (κ2) is 7.28. The Morgan fingerprint density at radius 3 is 2.60 bits per heavy atom. The molecule has 0 aliphatic carbocycles. The molecule has 15 heavy (non-hydrogen) atoms. The van der Waals surface area contributed by atoms with Crippen LogP contribution in [0.1, 0.15) is 50.2 Å². The maximum absolute atomic E-state index is 2.30. The molecule has 82 valence electrons. The number of aryl methyl sites for hydroxylation is 1. The molecular weight excluding hydrogens is 180 g/mol. The lowest BCUT2D eigenvalue weighted by Gasteiger charge is -1.98. The maximum atomic E-state index is 2.30. The number of benzene rings is 1. The average Bonchev–Trinajstić information content (AvgIpc) is 2.25. The molecule has 0 heteroatoms. The Balaban J connectivity index is 2.29. The second-order valence-electron chi connectivity index (χ2n) is 4.11. The van der Waals surface area contributed by atoms with Gasteiger partial charge in [0.2, 0.25) is 0 Å². The van der Waals surface area contributed by atoms with E-state index in [0.29, 0.717) is 0 Å². The standard InChI is InChI=1S/C15H22/c1-3-4-5-6-7-8-12-15-13-10-9-11-14(15)2/h8-13H,3-7H2,1-2H3/b12-8-. The van der Waals surface area contributed by atoms with Crippen molar-refractivity contribution in [2.75, 3.05) is 0 Å². The number of rotatable bonds is 6. The van der Waals surface area contributed by atoms with Crippen LogP contribution in [-0.4, -0.2) is 0 Å². The number of allylic oxidation sites excluding steroid dienone is 1. The normalized spacial score (nSPS) is 11.1. The Morgan fingerprint density at radius 1 is 1.07 bits per heavy atom. The van der Waals surface area contributed by atoms with Crippen molar-refractivity contribution in [2.45, 2.75) is 46.0 Å². The van der Waals surface area contributed by atoms with Gasteiger partial charge in [-0.1, -0.05) is 62.6 Å². The van der Waals surface area contributed by atoms with Gasteiger partial charge in [0.25, 0.3) is 0 Å². The van der Waals surface area contributed by atoms with Crippen LogP contribution in [0.5, 0.6) is 0 Å². The predicted octanol–water partition coefficient (Wildman–Crippen LogP) is 4.98. The third-order valence-electron chi connectivity index (χ3n) is 2.71. The zero-order chi connectivity index (χ0) is 10.9. The first kappa shape index (κ1) is 12.0. The monoisotopic (exact) mass is 202 g/mol. The quantitative estimate of drug-likeness (QED) is 0.571. The van der Waals surface area contributed by atoms with E-state index in [9.17, 15) is 0 Å². The SMILES string of the molecule is CCCCCC/C=C\c1ccccc1C. The van der Waals surface area contributed by atoms with E-state index in [1.807, 2.05) is 0 Å². The lowest BCUT2D eigenvalue weighted by atomic mass is 10.1. The summed E-state index contributed by atoms with van der Waals surface area (Å²) in [5.74, 6) is 0. The van der Waals surface area contributed by atoms with Crippen LogP contribution < -0.4 is 0 Å². The topological polar surface area (TPSA) is 0 Å². The molecule has 0 amide bonds. The van der Waals surface area contributed by atoms with Crippen LogP contribution in [-0.2, 0) is 0 Å². The Bertz CT molecular complexity index is 297. The summed E-state index contributed by atoms with van der Waals surface area (Å²) in [7, 11) is 0. The molecule has 0 aliphatic rings. The molecule has 0 nitrogen and oxygen atoms in total. The van der Waals surface area contributed by atoms with Gasteiger partial charge in [0.05, 0.1) is 0 Å². The van der Waals surface area contributed by atoms with Crippen molar-refractivity contribution in [1.82, 2.24) is 0 Å². The summed E-state index contributed by atoms with van der Waals surface area (Å²) in [6.45, 7) is 4.42. The fraction of sp³-hybridized carbons (Fsp3) is 0.467. The molecule has 0 bridgehead atoms. The van der Waals surface area contributed by atoms with Gasteiger partial charge in [-0.05, 0) is 30.9 Å². The van der Waals surface area contributed by atoms with Crippen molar-refractivity contribution in [3.8, 4) is 0 Å². The Morgan fingerprint density at radius 2 is 1.87 bits per heavy atom. The molecular formula is C15H22. The minimum atomic E-state index is 1.22. The summed E-state index contributed by atoms with van der Waals surface area (Å²) in [5.41, 5.74) is 2.72. The molecule has 0 radical (unpaired) electrons. The van der Waals surface area contributed by atoms with E-state index in [2.05, 4.69) is 50.3 Å². The summed E-state index contributed by atoms with van der Waals surface area (Å²) in [6, 6.07) is 8.53. The van der Waals surface area contributed by atoms with Crippen molar-refractivity contribution in [3.05, 3.63) is 41.5 Å². The summed E-state index contributed by atoms with van der Waals surface area (Å²) in [5, 5.41) is 0. The highest BCUT2D eigenvalue weighted by Crippen LogP contribution is 2.10. The van der Waals surface area contributed by atoms with Gasteiger partial charge < -0.3 is 0 Å². The predicted molar refractivity (Wildman–Crippen MR) is 69.0 cm³/mol. The van der Waals surface area contributed by atoms with E-state index < -0.39 is 0 Å². The molecule has 0 heterocycles. The van der Waals surface area contributed by atoms with Crippen LogP contribution in [0.25, 0.3) is 6.08 Å². The van der Waals surface area contributed by atoms with E-state index in [1.165, 1.54) is 43.2 Å². The van der Waals surface area contributed by atoms with Crippen molar-refractivity contribution < 1.29 is 0 Å². The second-order valence-corrected chi connectivity index (χ2v) is 4.11. The van der Waals surface area contributed by atoms with Crippen LogP contribution in [0.4, 0.5) is 0 Å². The van der Waals surface area contributed by atoms with Gasteiger partial charge in [-0.2, -0.15) is 0 Å². The largest absolute Gasteiger partial charge is 0.0839 e. The van der Waals surface area contributed by atoms with Crippen LogP contribution in [0, 0.1) is 6.92 Å². The van der Waals surface area contributed by atoms with E-state index in [0.717, 1.165) is 0 Å². The summed E-state index contributed by atoms with van der Waals surface area (Å²) in [6.07, 6.45) is 11.2. The zero-order valence-electron chi connectivity index (χ0n) is 10.00. The molecule has 0 unspecified atom stereocenters. The molecule has 0 spiro atoms. The van der Waals surface area contributed by atoms with Gasteiger partial charge in [-0.3, -0.25) is 0 Å². The third kappa shape index (κ3) is 4.83. The van der Waals surface area contributed by atoms with Crippen molar-refractivity contribution in [3.63, 3.8) is 0 Å². The van der Waals surface area contributed by atoms with Gasteiger partial charge in [-0.15, -0.1) is 0 Å². The lowest BCUT2D eigenvalue weighted by Crippen LogP contribution is -1.78. The smallest absolute Gasteiger partial charge is 0.0231 e. The summed E-state index contributed by atoms with van der Waals surface area (Å²) in [4.78, 5) is 0. The Hall–Kier alpha value is -1.04. The molecule has 0 aliphatic heterocycles. The fourth-order valence-corrected chi connectivity index (χ4v) is 1.67. The number of hydrogen-bond donors (Lipinski definition) is 0. The van der Waals surface area contributed by atoms with Gasteiger partial charge in [0.1, 0.15) is 0 Å². The third-order valence-corrected chi connectivity index (χ3v) is 2.71. The molecule has 0 N–H and O–H groups in total. The Kier molecular flexibility index (Phi) is 5.84. The van der Waals surface area contributed by atoms with Crippen LogP contribution >= 0.6 is 0 Å². The van der Waals surface area contributed by atoms with Crippen molar-refractivity contribution in [2.24, 2.45) is 0 Å². The molecule has 0 fully saturated rings. The van der Waals surface area contributed by atoms with Crippen LogP contribution in [0.2, 0.25) is 0 Å². The van der Waals surface area contributed by atoms with E-state index in [1.54, 1.807) is 0 Å². The minimum absolute atomic E-state index is 1.22. The van der Waals surface area contributed by atoms with Gasteiger partial charge in [-0.25, -0.2) is 0 Å². The molecule has 1 aromatic rings. The molecule has 1 aromatic carbocycles. The Labute approximate surface area is 94.0 Å². The highest BCUT2D eigenvalue weighted by molar-refractivity contribution is 5.53. The first-order valence-electron chi connectivity index (χ1n) is 6.06. The molecule has 0 aromatic heterocycles. The number of unbranched alkanes of at least 4 members (excludes halogenated alkanes) is 4. The number of hydrogen-bond acceptors (Lipinski definition) is 0. The molecule has 0 saturated heterocycles. The molecule has 1 rings (SSSR count). The van der Waals surface area contributed by atoms with E-state index >= 15 is 0 Å². The fourth-order valence-electron chi connectivity index (χ4n) is 1.67. The molecule has 0 atom stereocenters. The minimum Gasteiger partial charge on any atom is -0.0839 e. The summed E-state index contributed by atoms with van der Waals surface area (Å²) < 4.78 is 0. The first-order chi connectivity index (χ1) is 7.34. The van der Waals surface area contributed by atoms with Gasteiger partial charge in [0, 0.05) is 0 Å². The van der Waals surface area contributed by atoms with Crippen LogP contribution in [0.3, 0.4) is 0 Å². The van der Waals surface area contributed by atoms with E-state index in [-0.39, 0.29) is 0 Å². The van der Waals surface area contributed by atoms with Gasteiger partial charge >= 0.3 is 0 Å². The first-order valence-corrected chi connectivity index (χ1v) is 6.06. The highest BCUT2D eigenvalue weighted by atomic mass is 14.0. The van der Waals surface area contributed by atoms with Crippen molar-refractivity contribution in [1.29, 1.82) is 0 Å². The zero-order valence-corrected chi connectivity index (χ0v) is 10.00. The van der Waals surface area contributed by atoms with E-state index in [4.69, 9.17) is 0 Å². The summed E-state index contributed by atoms with van der Waals surface area (Å²) >= 11 is 0.